The van der Waals surface area contributed by atoms with Crippen molar-refractivity contribution in [1.29, 1.82) is 0 Å². The summed E-state index contributed by atoms with van der Waals surface area (Å²) < 4.78 is 24.9. The van der Waals surface area contributed by atoms with E-state index in [1.54, 1.807) is 13.2 Å². The third-order valence-electron chi connectivity index (χ3n) is 7.91. The molecule has 0 radical (unpaired) electrons. The molecule has 2 aliphatic carbocycles. The number of fused-ring (bicyclic) bond motifs is 2. The van der Waals surface area contributed by atoms with E-state index in [1.165, 1.54) is 6.20 Å². The lowest BCUT2D eigenvalue weighted by Gasteiger charge is -2.37. The van der Waals surface area contributed by atoms with Crippen LogP contribution in [-0.4, -0.2) is 60.8 Å². The summed E-state index contributed by atoms with van der Waals surface area (Å²) in [7, 11) is 1.74. The van der Waals surface area contributed by atoms with Crippen LogP contribution in [0.15, 0.2) is 12.3 Å². The highest BCUT2D eigenvalue weighted by Crippen LogP contribution is 2.55. The molecule has 4 aliphatic rings. The van der Waals surface area contributed by atoms with Crippen molar-refractivity contribution in [3.8, 4) is 0 Å². The molecule has 6 nitrogen and oxygen atoms in total. The summed E-state index contributed by atoms with van der Waals surface area (Å²) in [4.78, 5) is 20.0. The molecular formula is C23H32FN3O3. The van der Waals surface area contributed by atoms with Gasteiger partial charge in [-0.3, -0.25) is 9.78 Å². The van der Waals surface area contributed by atoms with Gasteiger partial charge >= 0.3 is 0 Å². The van der Waals surface area contributed by atoms with Gasteiger partial charge < -0.3 is 19.7 Å². The number of pyridine rings is 1. The molecule has 3 heterocycles. The topological polar surface area (TPSA) is 63.7 Å². The third kappa shape index (κ3) is 3.55. The summed E-state index contributed by atoms with van der Waals surface area (Å²) in [6.45, 7) is 2.56. The lowest BCUT2D eigenvalue weighted by molar-refractivity contribution is -0.144. The summed E-state index contributed by atoms with van der Waals surface area (Å²) in [5.74, 6) is 0.393. The first-order chi connectivity index (χ1) is 14.6. The molecule has 1 aromatic rings. The van der Waals surface area contributed by atoms with Crippen molar-refractivity contribution in [2.45, 2.75) is 69.7 Å². The van der Waals surface area contributed by atoms with Crippen LogP contribution in [0.5, 0.6) is 0 Å². The molecule has 3 fully saturated rings. The zero-order valence-corrected chi connectivity index (χ0v) is 17.7. The molecular weight excluding hydrogens is 385 g/mol. The van der Waals surface area contributed by atoms with Gasteiger partial charge in [-0.15, -0.1) is 0 Å². The first-order valence-electron chi connectivity index (χ1n) is 11.4. The number of rotatable bonds is 4. The van der Waals surface area contributed by atoms with Gasteiger partial charge in [0.25, 0.3) is 0 Å². The van der Waals surface area contributed by atoms with E-state index in [2.05, 4.69) is 10.3 Å². The lowest BCUT2D eigenvalue weighted by Crippen LogP contribution is -2.51. The van der Waals surface area contributed by atoms with E-state index < -0.39 is 0 Å². The van der Waals surface area contributed by atoms with Crippen LogP contribution in [0, 0.1) is 17.2 Å². The molecule has 164 valence electrons. The Morgan fingerprint density at radius 1 is 1.43 bits per heavy atom. The first-order valence-corrected chi connectivity index (χ1v) is 11.4. The van der Waals surface area contributed by atoms with Gasteiger partial charge in [0.2, 0.25) is 5.91 Å². The molecule has 0 bridgehead atoms. The van der Waals surface area contributed by atoms with E-state index in [1.807, 2.05) is 4.90 Å². The first kappa shape index (κ1) is 20.3. The van der Waals surface area contributed by atoms with Gasteiger partial charge in [-0.25, -0.2) is 4.39 Å². The number of methoxy groups -OCH3 is 1. The summed E-state index contributed by atoms with van der Waals surface area (Å²) >= 11 is 0. The highest BCUT2D eigenvalue weighted by atomic mass is 19.1. The van der Waals surface area contributed by atoms with Crippen LogP contribution in [-0.2, 0) is 27.2 Å². The average molecular weight is 418 g/mol. The van der Waals surface area contributed by atoms with Gasteiger partial charge in [0.1, 0.15) is 5.82 Å². The fourth-order valence-electron chi connectivity index (χ4n) is 6.44. The molecule has 0 unspecified atom stereocenters. The number of carbonyl (C=O) groups is 1. The Kier molecular flexibility index (Phi) is 5.54. The van der Waals surface area contributed by atoms with Crippen LogP contribution in [0.25, 0.3) is 0 Å². The molecule has 0 spiro atoms. The van der Waals surface area contributed by atoms with Gasteiger partial charge in [-0.05, 0) is 49.7 Å². The van der Waals surface area contributed by atoms with E-state index in [0.29, 0.717) is 38.1 Å². The number of aromatic nitrogens is 1. The monoisotopic (exact) mass is 417 g/mol. The second-order valence-corrected chi connectivity index (χ2v) is 9.53. The van der Waals surface area contributed by atoms with Crippen LogP contribution in [0.1, 0.15) is 49.8 Å². The summed E-state index contributed by atoms with van der Waals surface area (Å²) in [6, 6.07) is 2.17. The van der Waals surface area contributed by atoms with E-state index >= 15 is 0 Å². The van der Waals surface area contributed by atoms with Gasteiger partial charge in [-0.2, -0.15) is 0 Å². The van der Waals surface area contributed by atoms with Crippen LogP contribution in [0.2, 0.25) is 0 Å². The number of nitrogens with zero attached hydrogens (tertiary/aromatic N) is 2. The summed E-state index contributed by atoms with van der Waals surface area (Å²) in [5, 5.41) is 3.82. The Bertz CT molecular complexity index is 806. The number of hydrogen-bond acceptors (Lipinski definition) is 5. The van der Waals surface area contributed by atoms with Crippen molar-refractivity contribution in [3.63, 3.8) is 0 Å². The van der Waals surface area contributed by atoms with Crippen LogP contribution in [0.4, 0.5) is 4.39 Å². The normalized spacial score (nSPS) is 35.9. The lowest BCUT2D eigenvalue weighted by atomic mass is 9.78. The maximum absolute atomic E-state index is 13.8. The quantitative estimate of drug-likeness (QED) is 0.815. The fraction of sp³-hybridized carbons (Fsp3) is 0.739. The van der Waals surface area contributed by atoms with E-state index in [-0.39, 0.29) is 29.3 Å². The summed E-state index contributed by atoms with van der Waals surface area (Å²) in [6.07, 6.45) is 8.19. The van der Waals surface area contributed by atoms with Gasteiger partial charge in [0, 0.05) is 51.0 Å². The molecule has 2 aliphatic heterocycles. The van der Waals surface area contributed by atoms with E-state index in [4.69, 9.17) is 9.47 Å². The highest BCUT2D eigenvalue weighted by Gasteiger charge is 2.56. The predicted molar refractivity (Wildman–Crippen MR) is 109 cm³/mol. The molecule has 1 aromatic heterocycles. The summed E-state index contributed by atoms with van der Waals surface area (Å²) in [5.41, 5.74) is 1.53. The number of carbonyl (C=O) groups excluding carboxylic acids is 1. The second kappa shape index (κ2) is 8.17. The van der Waals surface area contributed by atoms with Gasteiger partial charge in [-0.1, -0.05) is 6.42 Å². The van der Waals surface area contributed by atoms with Gasteiger partial charge in [0.15, 0.2) is 0 Å². The molecule has 5 rings (SSSR count). The number of amides is 1. The number of ether oxygens (including phenoxy) is 2. The number of halogens is 1. The van der Waals surface area contributed by atoms with Crippen LogP contribution in [0.3, 0.4) is 0 Å². The van der Waals surface area contributed by atoms with Crippen molar-refractivity contribution in [1.82, 2.24) is 15.2 Å². The largest absolute Gasteiger partial charge is 0.379 e. The van der Waals surface area contributed by atoms with Crippen molar-refractivity contribution >= 4 is 5.91 Å². The SMILES string of the molecule is CO[C@@H]1COCC[C@H]1N[C@@H]1C[C@H]2CCC[C@@]2(C(=O)N2CCc3ncc(F)cc3C2)C1. The molecule has 0 aromatic carbocycles. The van der Waals surface area contributed by atoms with E-state index in [0.717, 1.165) is 56.4 Å². The zero-order valence-electron chi connectivity index (χ0n) is 17.7. The van der Waals surface area contributed by atoms with E-state index in [9.17, 15) is 9.18 Å². The Morgan fingerprint density at radius 3 is 3.20 bits per heavy atom. The molecule has 30 heavy (non-hydrogen) atoms. The van der Waals surface area contributed by atoms with Crippen molar-refractivity contribution in [2.24, 2.45) is 11.3 Å². The number of hydrogen-bond donors (Lipinski definition) is 1. The highest BCUT2D eigenvalue weighted by molar-refractivity contribution is 5.84. The van der Waals surface area contributed by atoms with Crippen molar-refractivity contribution in [3.05, 3.63) is 29.3 Å². The fourth-order valence-corrected chi connectivity index (χ4v) is 6.44. The number of nitrogens with one attached hydrogen (secondary N) is 1. The zero-order chi connectivity index (χ0) is 20.7. The molecule has 1 amide bonds. The van der Waals surface area contributed by atoms with Crippen molar-refractivity contribution in [2.75, 3.05) is 26.9 Å². The third-order valence-corrected chi connectivity index (χ3v) is 7.91. The standard InChI is InChI=1S/C23H32FN3O3/c1-29-21-14-30-8-5-20(21)26-18-10-16-3-2-6-23(16,11-18)22(28)27-7-4-19-15(13-27)9-17(24)12-25-19/h9,12,16,18,20-21,26H,2-8,10-11,13-14H2,1H3/t16-,18-,20-,21-,23-/m1/s1. The second-order valence-electron chi connectivity index (χ2n) is 9.53. The maximum atomic E-state index is 13.8. The predicted octanol–water partition coefficient (Wildman–Crippen LogP) is 2.45. The maximum Gasteiger partial charge on any atom is 0.229 e. The Hall–Kier alpha value is -1.57. The smallest absolute Gasteiger partial charge is 0.229 e. The molecule has 1 N–H and O–H groups in total. The average Bonchev–Trinajstić information content (AvgIpc) is 3.31. The Labute approximate surface area is 177 Å². The minimum absolute atomic E-state index is 0.0758. The molecule has 1 saturated heterocycles. The molecule has 7 heteroatoms. The van der Waals surface area contributed by atoms with Crippen LogP contribution >= 0.6 is 0 Å². The molecule has 2 saturated carbocycles. The minimum Gasteiger partial charge on any atom is -0.379 e. The van der Waals surface area contributed by atoms with Crippen LogP contribution < -0.4 is 5.32 Å². The Morgan fingerprint density at radius 2 is 2.33 bits per heavy atom. The minimum atomic E-state index is -0.325. The molecule has 5 atom stereocenters. The van der Waals surface area contributed by atoms with Crippen molar-refractivity contribution < 1.29 is 18.7 Å². The van der Waals surface area contributed by atoms with Gasteiger partial charge in [0.05, 0.1) is 24.3 Å². The Balaban J connectivity index is 1.30.